The summed E-state index contributed by atoms with van der Waals surface area (Å²) in [6.07, 6.45) is 18.6. The second kappa shape index (κ2) is 21.1. The summed E-state index contributed by atoms with van der Waals surface area (Å²) in [5.41, 5.74) is 0. The van der Waals surface area contributed by atoms with E-state index in [2.05, 4.69) is 72.8 Å². The Morgan fingerprint density at radius 2 is 0.848 bits per heavy atom. The molecule has 0 aliphatic carbocycles. The third kappa shape index (κ3) is 12.3. The van der Waals surface area contributed by atoms with Crippen molar-refractivity contribution in [2.75, 3.05) is 26.4 Å². The van der Waals surface area contributed by atoms with Crippen LogP contribution < -0.4 is 0 Å². The molecule has 0 saturated carbocycles. The van der Waals surface area contributed by atoms with Gasteiger partial charge in [0.1, 0.15) is 0 Å². The Kier molecular flexibility index (Phi) is 20.9. The van der Waals surface area contributed by atoms with Gasteiger partial charge in [0.25, 0.3) is 0 Å². The van der Waals surface area contributed by atoms with E-state index in [0.717, 1.165) is 96.3 Å². The van der Waals surface area contributed by atoms with Crippen molar-refractivity contribution in [3.63, 3.8) is 0 Å². The molecule has 0 radical (unpaired) electrons. The molecule has 0 amide bonds. The van der Waals surface area contributed by atoms with E-state index in [9.17, 15) is 0 Å². The molecule has 0 N–H and O–H groups in total. The van der Waals surface area contributed by atoms with Gasteiger partial charge in [0.05, 0.1) is 0 Å². The monoisotopic (exact) mass is 500 g/mol. The summed E-state index contributed by atoms with van der Waals surface area (Å²) < 4.78 is 27.5. The van der Waals surface area contributed by atoms with Crippen molar-refractivity contribution < 1.29 is 17.7 Å². The van der Waals surface area contributed by atoms with E-state index >= 15 is 0 Å². The van der Waals surface area contributed by atoms with E-state index in [0.29, 0.717) is 0 Å². The summed E-state index contributed by atoms with van der Waals surface area (Å²) in [6, 6.07) is 1.74. The van der Waals surface area contributed by atoms with Crippen molar-refractivity contribution in [2.24, 2.45) is 0 Å². The molecule has 0 bridgehead atoms. The van der Waals surface area contributed by atoms with Crippen molar-refractivity contribution in [2.45, 2.75) is 124 Å². The van der Waals surface area contributed by atoms with Crippen LogP contribution in [0.2, 0.25) is 17.3 Å². The van der Waals surface area contributed by atoms with E-state index < -0.39 is 17.1 Å². The van der Waals surface area contributed by atoms with E-state index in [1.54, 1.807) is 0 Å². The van der Waals surface area contributed by atoms with Crippen LogP contribution in [0.4, 0.5) is 0 Å². The van der Waals surface area contributed by atoms with Gasteiger partial charge in [-0.25, -0.2) is 0 Å². The Bertz CT molecular complexity index is 435. The van der Waals surface area contributed by atoms with Crippen LogP contribution in [0.1, 0.15) is 106 Å². The average molecular weight is 501 g/mol. The molecular weight excluding hydrogens is 444 g/mol. The van der Waals surface area contributed by atoms with E-state index in [-0.39, 0.29) is 5.16 Å². The molecule has 33 heavy (non-hydrogen) atoms. The predicted octanol–water partition coefficient (Wildman–Crippen LogP) is 8.61. The Morgan fingerprint density at radius 3 is 1.06 bits per heavy atom. The summed E-state index contributed by atoms with van der Waals surface area (Å²) >= 11 is 0. The fourth-order valence-electron chi connectivity index (χ4n) is 4.08. The molecule has 0 heterocycles. The molecule has 0 aliphatic heterocycles. The van der Waals surface area contributed by atoms with Gasteiger partial charge in [-0.15, -0.1) is 0 Å². The molecule has 0 unspecified atom stereocenters. The maximum absolute atomic E-state index is 6.89. The first-order valence-corrected chi connectivity index (χ1v) is 18.0. The largest absolute Gasteiger partial charge is 0.394 e. The van der Waals surface area contributed by atoms with Crippen LogP contribution in [0.15, 0.2) is 24.3 Å². The number of hydrogen-bond acceptors (Lipinski definition) is 4. The molecule has 0 rings (SSSR count). The van der Waals surface area contributed by atoms with E-state index in [1.807, 2.05) is 0 Å². The number of unbranched alkanes of at least 4 members (excludes halogenated alkanes) is 4. The second-order valence-electron chi connectivity index (χ2n) is 8.94. The minimum Gasteiger partial charge on any atom is -0.394 e. The lowest BCUT2D eigenvalue weighted by Crippen LogP contribution is -2.61. The van der Waals surface area contributed by atoms with Gasteiger partial charge in [-0.2, -0.15) is 0 Å². The first kappa shape index (κ1) is 32.8. The zero-order valence-electron chi connectivity index (χ0n) is 23.1. The average Bonchev–Trinajstić information content (AvgIpc) is 2.82. The Morgan fingerprint density at radius 1 is 0.545 bits per heavy atom. The summed E-state index contributed by atoms with van der Waals surface area (Å²) in [6.45, 7) is 18.4. The SMILES string of the molecule is CC=CC[Si](OCCCC)(OCCCC)C(CC)[Si](CC=CC)(OCCCC)OCCCC. The van der Waals surface area contributed by atoms with Crippen molar-refractivity contribution in [1.82, 2.24) is 0 Å². The van der Waals surface area contributed by atoms with Gasteiger partial charge in [-0.1, -0.05) is 84.6 Å². The van der Waals surface area contributed by atoms with Crippen molar-refractivity contribution in [1.29, 1.82) is 0 Å². The lowest BCUT2D eigenvalue weighted by atomic mass is 10.4. The minimum atomic E-state index is -2.64. The zero-order chi connectivity index (χ0) is 24.8. The highest BCUT2D eigenvalue weighted by molar-refractivity contribution is 6.88. The van der Waals surface area contributed by atoms with Crippen LogP contribution >= 0.6 is 0 Å². The molecule has 4 nitrogen and oxygen atoms in total. The molecule has 6 heteroatoms. The highest BCUT2D eigenvalue weighted by atomic mass is 28.4. The van der Waals surface area contributed by atoms with Crippen molar-refractivity contribution >= 4 is 17.1 Å². The molecule has 0 aromatic carbocycles. The first-order valence-electron chi connectivity index (χ1n) is 13.8. The molecular formula is C27H56O4Si2. The van der Waals surface area contributed by atoms with E-state index in [1.165, 1.54) is 0 Å². The molecule has 0 fully saturated rings. The Labute approximate surface area is 209 Å². The molecule has 0 aromatic rings. The van der Waals surface area contributed by atoms with Crippen LogP contribution in [0.25, 0.3) is 0 Å². The van der Waals surface area contributed by atoms with Crippen LogP contribution in [0, 0.1) is 0 Å². The zero-order valence-corrected chi connectivity index (χ0v) is 25.1. The van der Waals surface area contributed by atoms with Gasteiger partial charge >= 0.3 is 17.1 Å². The third-order valence-electron chi connectivity index (χ3n) is 6.12. The normalized spacial score (nSPS) is 14.0. The smallest absolute Gasteiger partial charge is 0.347 e. The van der Waals surface area contributed by atoms with Crippen molar-refractivity contribution in [3.8, 4) is 0 Å². The molecule has 0 aromatic heterocycles. The third-order valence-corrected chi connectivity index (χ3v) is 16.1. The molecule has 0 spiro atoms. The quantitative estimate of drug-likeness (QED) is 0.0799. The highest BCUT2D eigenvalue weighted by Gasteiger charge is 2.59. The predicted molar refractivity (Wildman–Crippen MR) is 148 cm³/mol. The number of hydrogen-bond donors (Lipinski definition) is 0. The summed E-state index contributed by atoms with van der Waals surface area (Å²) in [4.78, 5) is 0. The summed E-state index contributed by atoms with van der Waals surface area (Å²) in [5, 5.41) is 0.222. The van der Waals surface area contributed by atoms with Gasteiger partial charge in [-0.3, -0.25) is 0 Å². The molecule has 0 atom stereocenters. The van der Waals surface area contributed by atoms with Crippen molar-refractivity contribution in [3.05, 3.63) is 24.3 Å². The van der Waals surface area contributed by atoms with Crippen LogP contribution in [0.3, 0.4) is 0 Å². The lowest BCUT2D eigenvalue weighted by molar-refractivity contribution is 0.132. The molecule has 0 saturated heterocycles. The van der Waals surface area contributed by atoms with Gasteiger partial charge in [-0.05, 0) is 46.0 Å². The van der Waals surface area contributed by atoms with Gasteiger partial charge in [0, 0.05) is 43.7 Å². The second-order valence-corrected chi connectivity index (χ2v) is 16.1. The van der Waals surface area contributed by atoms with Gasteiger partial charge in [0.15, 0.2) is 0 Å². The topological polar surface area (TPSA) is 36.9 Å². The standard InChI is InChI=1S/C27H56O4Si2/c1-8-15-21-28-32(25-19-12-5,29-22-16-9-2)27(14-7)33(26-20-13-6,30-23-17-10-3)31-24-18-11-4/h12-13,19-20,27H,8-11,14-18,21-26H2,1-7H3. The maximum Gasteiger partial charge on any atom is 0.347 e. The maximum atomic E-state index is 6.89. The summed E-state index contributed by atoms with van der Waals surface area (Å²) in [5.74, 6) is 0. The van der Waals surface area contributed by atoms with Gasteiger partial charge in [0.2, 0.25) is 0 Å². The highest BCUT2D eigenvalue weighted by Crippen LogP contribution is 2.43. The Hall–Kier alpha value is -0.246. The minimum absolute atomic E-state index is 0.222. The number of allylic oxidation sites excluding steroid dienone is 4. The first-order chi connectivity index (χ1) is 16.1. The fourth-order valence-corrected chi connectivity index (χ4v) is 14.8. The molecule has 0 aliphatic rings. The summed E-state index contributed by atoms with van der Waals surface area (Å²) in [7, 11) is -5.27. The molecule has 196 valence electrons. The van der Waals surface area contributed by atoms with Crippen LogP contribution in [-0.4, -0.2) is 43.5 Å². The Balaban J connectivity index is 6.45. The van der Waals surface area contributed by atoms with E-state index in [4.69, 9.17) is 17.7 Å². The van der Waals surface area contributed by atoms with Crippen LogP contribution in [0.5, 0.6) is 0 Å². The fraction of sp³-hybridized carbons (Fsp3) is 0.852. The number of rotatable bonds is 23. The van der Waals surface area contributed by atoms with Gasteiger partial charge < -0.3 is 17.7 Å². The lowest BCUT2D eigenvalue weighted by Gasteiger charge is -2.45. The van der Waals surface area contributed by atoms with Crippen LogP contribution in [-0.2, 0) is 17.7 Å².